The van der Waals surface area contributed by atoms with E-state index in [1.807, 2.05) is 0 Å². The molecule has 0 saturated carbocycles. The summed E-state index contributed by atoms with van der Waals surface area (Å²) in [7, 11) is 0. The van der Waals surface area contributed by atoms with E-state index < -0.39 is 11.7 Å². The summed E-state index contributed by atoms with van der Waals surface area (Å²) in [4.78, 5) is 0. The van der Waals surface area contributed by atoms with Crippen LogP contribution in [0.25, 0.3) is 0 Å². The Kier molecular flexibility index (Phi) is 3.55. The molecular formula is C14H10F3NO. The minimum atomic E-state index is -4.37. The first-order valence-corrected chi connectivity index (χ1v) is 5.50. The molecule has 0 atom stereocenters. The summed E-state index contributed by atoms with van der Waals surface area (Å²) in [5, 5.41) is 11.7. The molecule has 0 radical (unpaired) electrons. The SMILES string of the molecule is [O-]/[N+](=C\c1ccc(C(F)(F)F)cc1)c1ccccc1. The Hall–Kier alpha value is -2.30. The van der Waals surface area contributed by atoms with Crippen LogP contribution in [0.15, 0.2) is 54.6 Å². The molecule has 0 aromatic heterocycles. The number of hydrogen-bond donors (Lipinski definition) is 0. The van der Waals surface area contributed by atoms with Gasteiger partial charge in [0.05, 0.1) is 5.56 Å². The lowest BCUT2D eigenvalue weighted by Crippen LogP contribution is -2.05. The molecule has 0 aliphatic carbocycles. The zero-order valence-corrected chi connectivity index (χ0v) is 9.76. The molecule has 0 unspecified atom stereocenters. The Morgan fingerprint density at radius 2 is 1.47 bits per heavy atom. The van der Waals surface area contributed by atoms with Gasteiger partial charge in [0.1, 0.15) is 0 Å². The molecule has 98 valence electrons. The summed E-state index contributed by atoms with van der Waals surface area (Å²) in [5.41, 5.74) is 0.0936. The van der Waals surface area contributed by atoms with Crippen LogP contribution in [0, 0.1) is 5.21 Å². The number of para-hydroxylation sites is 1. The smallest absolute Gasteiger partial charge is 0.416 e. The molecule has 0 bridgehead atoms. The van der Waals surface area contributed by atoms with Crippen molar-refractivity contribution in [3.63, 3.8) is 0 Å². The second-order valence-corrected chi connectivity index (χ2v) is 3.91. The molecule has 0 saturated heterocycles. The third-order valence-electron chi connectivity index (χ3n) is 2.52. The van der Waals surface area contributed by atoms with Crippen LogP contribution in [-0.2, 0) is 6.18 Å². The third-order valence-corrected chi connectivity index (χ3v) is 2.52. The third kappa shape index (κ3) is 3.34. The Labute approximate surface area is 108 Å². The molecule has 0 amide bonds. The maximum absolute atomic E-state index is 12.4. The number of rotatable bonds is 2. The van der Waals surface area contributed by atoms with Crippen LogP contribution >= 0.6 is 0 Å². The van der Waals surface area contributed by atoms with Gasteiger partial charge in [-0.15, -0.1) is 0 Å². The molecule has 0 aliphatic heterocycles. The van der Waals surface area contributed by atoms with Gasteiger partial charge in [-0.05, 0) is 24.3 Å². The second kappa shape index (κ2) is 5.14. The van der Waals surface area contributed by atoms with Gasteiger partial charge in [0, 0.05) is 17.7 Å². The molecule has 0 N–H and O–H groups in total. The van der Waals surface area contributed by atoms with Crippen molar-refractivity contribution >= 4 is 11.9 Å². The van der Waals surface area contributed by atoms with Crippen LogP contribution in [0.1, 0.15) is 11.1 Å². The molecule has 2 nitrogen and oxygen atoms in total. The monoisotopic (exact) mass is 265 g/mol. The average molecular weight is 265 g/mol. The molecule has 2 aromatic carbocycles. The summed E-state index contributed by atoms with van der Waals surface area (Å²) in [6.07, 6.45) is -3.13. The maximum Gasteiger partial charge on any atom is 0.416 e. The van der Waals surface area contributed by atoms with Gasteiger partial charge in [-0.2, -0.15) is 17.9 Å². The highest BCUT2D eigenvalue weighted by atomic mass is 19.4. The van der Waals surface area contributed by atoms with Crippen LogP contribution in [-0.4, -0.2) is 11.0 Å². The van der Waals surface area contributed by atoms with E-state index in [-0.39, 0.29) is 0 Å². The number of hydrogen-bond acceptors (Lipinski definition) is 1. The van der Waals surface area contributed by atoms with E-state index in [1.54, 1.807) is 30.3 Å². The molecule has 0 aliphatic rings. The normalized spacial score (nSPS) is 12.5. The van der Waals surface area contributed by atoms with Crippen LogP contribution in [0.2, 0.25) is 0 Å². The quantitative estimate of drug-likeness (QED) is 0.349. The minimum Gasteiger partial charge on any atom is -0.618 e. The summed E-state index contributed by atoms with van der Waals surface area (Å²) in [6.45, 7) is 0. The van der Waals surface area contributed by atoms with Crippen molar-refractivity contribution in [3.05, 3.63) is 70.9 Å². The van der Waals surface area contributed by atoms with E-state index in [2.05, 4.69) is 0 Å². The average Bonchev–Trinajstić information content (AvgIpc) is 2.39. The molecule has 0 heterocycles. The van der Waals surface area contributed by atoms with Gasteiger partial charge in [0.2, 0.25) is 5.69 Å². The molecule has 0 fully saturated rings. The molecule has 0 spiro atoms. The van der Waals surface area contributed by atoms with Gasteiger partial charge in [-0.3, -0.25) is 0 Å². The number of alkyl halides is 3. The predicted molar refractivity (Wildman–Crippen MR) is 66.3 cm³/mol. The number of nitrogens with zero attached hydrogens (tertiary/aromatic N) is 1. The maximum atomic E-state index is 12.4. The standard InChI is InChI=1S/C14H10F3NO/c15-14(16,17)12-8-6-11(7-9-12)10-18(19)13-4-2-1-3-5-13/h1-10H/b18-10-. The van der Waals surface area contributed by atoms with Gasteiger partial charge < -0.3 is 5.21 Å². The van der Waals surface area contributed by atoms with Crippen molar-refractivity contribution in [3.8, 4) is 0 Å². The molecular weight excluding hydrogens is 255 g/mol. The van der Waals surface area contributed by atoms with Gasteiger partial charge >= 0.3 is 6.18 Å². The fourth-order valence-corrected chi connectivity index (χ4v) is 1.54. The highest BCUT2D eigenvalue weighted by Gasteiger charge is 2.29. The van der Waals surface area contributed by atoms with Crippen molar-refractivity contribution in [1.29, 1.82) is 0 Å². The summed E-state index contributed by atoms with van der Waals surface area (Å²) < 4.78 is 37.7. The lowest BCUT2D eigenvalue weighted by Gasteiger charge is -2.06. The summed E-state index contributed by atoms with van der Waals surface area (Å²) in [5.74, 6) is 0. The lowest BCUT2D eigenvalue weighted by molar-refractivity contribution is -0.354. The van der Waals surface area contributed by atoms with E-state index in [9.17, 15) is 18.4 Å². The van der Waals surface area contributed by atoms with Crippen LogP contribution < -0.4 is 0 Å². The topological polar surface area (TPSA) is 26.1 Å². The predicted octanol–water partition coefficient (Wildman–Crippen LogP) is 3.97. The highest BCUT2D eigenvalue weighted by Crippen LogP contribution is 2.28. The Morgan fingerprint density at radius 1 is 0.895 bits per heavy atom. The highest BCUT2D eigenvalue weighted by molar-refractivity contribution is 5.76. The summed E-state index contributed by atoms with van der Waals surface area (Å²) in [6, 6.07) is 12.8. The first-order chi connectivity index (χ1) is 8.97. The largest absolute Gasteiger partial charge is 0.618 e. The van der Waals surface area contributed by atoms with E-state index in [0.29, 0.717) is 16.0 Å². The minimum absolute atomic E-state index is 0.409. The molecule has 2 rings (SSSR count). The van der Waals surface area contributed by atoms with Gasteiger partial charge in [-0.1, -0.05) is 18.2 Å². The van der Waals surface area contributed by atoms with Crippen LogP contribution in [0.3, 0.4) is 0 Å². The zero-order chi connectivity index (χ0) is 13.9. The zero-order valence-electron chi connectivity index (χ0n) is 9.76. The van der Waals surface area contributed by atoms with Crippen molar-refractivity contribution in [2.75, 3.05) is 0 Å². The van der Waals surface area contributed by atoms with Crippen molar-refractivity contribution < 1.29 is 17.9 Å². The fraction of sp³-hybridized carbons (Fsp3) is 0.0714. The Balaban J connectivity index is 2.24. The molecule has 2 aromatic rings. The van der Waals surface area contributed by atoms with Crippen molar-refractivity contribution in [2.24, 2.45) is 0 Å². The number of halogens is 3. The summed E-state index contributed by atoms with van der Waals surface area (Å²) >= 11 is 0. The Morgan fingerprint density at radius 3 is 2.00 bits per heavy atom. The van der Waals surface area contributed by atoms with Crippen LogP contribution in [0.4, 0.5) is 18.9 Å². The van der Waals surface area contributed by atoms with Gasteiger partial charge in [-0.25, -0.2) is 0 Å². The number of benzene rings is 2. The fourth-order valence-electron chi connectivity index (χ4n) is 1.54. The molecule has 5 heteroatoms. The first-order valence-electron chi connectivity index (χ1n) is 5.50. The van der Waals surface area contributed by atoms with E-state index in [0.717, 1.165) is 12.1 Å². The lowest BCUT2D eigenvalue weighted by atomic mass is 10.1. The molecule has 19 heavy (non-hydrogen) atoms. The van der Waals surface area contributed by atoms with E-state index >= 15 is 0 Å². The Bertz CT molecular complexity index is 574. The van der Waals surface area contributed by atoms with Crippen molar-refractivity contribution in [2.45, 2.75) is 6.18 Å². The van der Waals surface area contributed by atoms with Gasteiger partial charge in [0.25, 0.3) is 0 Å². The second-order valence-electron chi connectivity index (χ2n) is 3.91. The van der Waals surface area contributed by atoms with E-state index in [4.69, 9.17) is 0 Å². The van der Waals surface area contributed by atoms with E-state index in [1.165, 1.54) is 18.3 Å². The van der Waals surface area contributed by atoms with Gasteiger partial charge in [0.15, 0.2) is 6.21 Å². The van der Waals surface area contributed by atoms with Crippen LogP contribution in [0.5, 0.6) is 0 Å². The van der Waals surface area contributed by atoms with Crippen molar-refractivity contribution in [1.82, 2.24) is 0 Å². The first kappa shape index (κ1) is 13.1.